The van der Waals surface area contributed by atoms with Crippen molar-refractivity contribution in [1.29, 1.82) is 0 Å². The van der Waals surface area contributed by atoms with E-state index in [1.807, 2.05) is 20.9 Å². The summed E-state index contributed by atoms with van der Waals surface area (Å²) in [6, 6.07) is 0. The zero-order valence-corrected chi connectivity index (χ0v) is 10.0. The third-order valence-corrected chi connectivity index (χ3v) is 2.09. The van der Waals surface area contributed by atoms with Crippen LogP contribution in [0.2, 0.25) is 0 Å². The van der Waals surface area contributed by atoms with Crippen LogP contribution in [0.5, 0.6) is 5.75 Å². The molecule has 0 bridgehead atoms. The maximum atomic E-state index is 5.84. The highest BCUT2D eigenvalue weighted by Crippen LogP contribution is 2.14. The summed E-state index contributed by atoms with van der Waals surface area (Å²) in [5.74, 6) is 1.50. The Labute approximate surface area is 98.6 Å². The summed E-state index contributed by atoms with van der Waals surface area (Å²) < 4.78 is 12.1. The molecule has 2 aromatic rings. The van der Waals surface area contributed by atoms with Crippen LogP contribution in [-0.2, 0) is 19.2 Å². The zero-order chi connectivity index (χ0) is 12.5. The van der Waals surface area contributed by atoms with Crippen molar-refractivity contribution in [2.24, 2.45) is 12.8 Å². The van der Waals surface area contributed by atoms with Crippen LogP contribution in [0.15, 0.2) is 16.9 Å². The van der Waals surface area contributed by atoms with Crippen LogP contribution in [0.4, 0.5) is 0 Å². The van der Waals surface area contributed by atoms with Gasteiger partial charge in [0.25, 0.3) is 5.89 Å². The molecular formula is C10H15N5O2. The van der Waals surface area contributed by atoms with Crippen LogP contribution in [0.25, 0.3) is 0 Å². The Balaban J connectivity index is 1.98. The third-order valence-electron chi connectivity index (χ3n) is 2.09. The summed E-state index contributed by atoms with van der Waals surface area (Å²) in [5.41, 5.74) is 5.23. The Hall–Kier alpha value is -1.89. The average molecular weight is 237 g/mol. The quantitative estimate of drug-likeness (QED) is 0.836. The van der Waals surface area contributed by atoms with Gasteiger partial charge in [0, 0.05) is 7.05 Å². The molecule has 0 spiro atoms. The highest BCUT2D eigenvalue weighted by molar-refractivity contribution is 5.11. The van der Waals surface area contributed by atoms with Gasteiger partial charge in [0.2, 0.25) is 0 Å². The van der Waals surface area contributed by atoms with Gasteiger partial charge >= 0.3 is 0 Å². The largest absolute Gasteiger partial charge is 0.480 e. The van der Waals surface area contributed by atoms with Crippen molar-refractivity contribution in [2.75, 3.05) is 0 Å². The third kappa shape index (κ3) is 2.82. The van der Waals surface area contributed by atoms with Gasteiger partial charge in [0.1, 0.15) is 0 Å². The summed E-state index contributed by atoms with van der Waals surface area (Å²) >= 11 is 0. The number of aromatic nitrogens is 4. The summed E-state index contributed by atoms with van der Waals surface area (Å²) in [6.07, 6.45) is 3.37. The molecule has 0 radical (unpaired) electrons. The second-order valence-electron chi connectivity index (χ2n) is 4.37. The van der Waals surface area contributed by atoms with Crippen LogP contribution < -0.4 is 10.5 Å². The van der Waals surface area contributed by atoms with Crippen LogP contribution in [-0.4, -0.2) is 19.9 Å². The van der Waals surface area contributed by atoms with E-state index in [9.17, 15) is 0 Å². The second kappa shape index (κ2) is 4.17. The number of hydrogen-bond donors (Lipinski definition) is 1. The van der Waals surface area contributed by atoms with E-state index in [-0.39, 0.29) is 6.61 Å². The fourth-order valence-corrected chi connectivity index (χ4v) is 1.19. The molecule has 0 aliphatic carbocycles. The lowest BCUT2D eigenvalue weighted by Gasteiger charge is -2.11. The molecule has 92 valence electrons. The summed E-state index contributed by atoms with van der Waals surface area (Å²) in [7, 11) is 1.81. The molecule has 2 rings (SSSR count). The van der Waals surface area contributed by atoms with Crippen LogP contribution in [0, 0.1) is 0 Å². The lowest BCUT2D eigenvalue weighted by molar-refractivity contribution is 0.241. The van der Waals surface area contributed by atoms with Crippen molar-refractivity contribution < 1.29 is 9.26 Å². The maximum Gasteiger partial charge on any atom is 0.264 e. The van der Waals surface area contributed by atoms with Crippen molar-refractivity contribution in [3.63, 3.8) is 0 Å². The molecular weight excluding hydrogens is 222 g/mol. The lowest BCUT2D eigenvalue weighted by Crippen LogP contribution is -2.30. The number of rotatable bonds is 4. The predicted molar refractivity (Wildman–Crippen MR) is 59.1 cm³/mol. The molecule has 2 heterocycles. The maximum absolute atomic E-state index is 5.84. The van der Waals surface area contributed by atoms with Gasteiger partial charge in [-0.2, -0.15) is 10.1 Å². The van der Waals surface area contributed by atoms with Crippen molar-refractivity contribution in [3.05, 3.63) is 24.1 Å². The number of ether oxygens (including phenoxy) is 1. The molecule has 0 aromatic carbocycles. The smallest absolute Gasteiger partial charge is 0.264 e. The molecule has 7 nitrogen and oxygen atoms in total. The molecule has 0 atom stereocenters. The number of hydrogen-bond acceptors (Lipinski definition) is 6. The number of nitrogens with two attached hydrogens (primary N) is 1. The van der Waals surface area contributed by atoms with Gasteiger partial charge in [-0.1, -0.05) is 5.16 Å². The van der Waals surface area contributed by atoms with Crippen LogP contribution in [0.1, 0.15) is 25.6 Å². The first-order chi connectivity index (χ1) is 7.95. The fraction of sp³-hybridized carbons (Fsp3) is 0.500. The Morgan fingerprint density at radius 1 is 1.53 bits per heavy atom. The molecule has 2 N–H and O–H groups in total. The molecule has 2 aromatic heterocycles. The van der Waals surface area contributed by atoms with Crippen molar-refractivity contribution in [1.82, 2.24) is 19.9 Å². The highest BCUT2D eigenvalue weighted by atomic mass is 16.5. The van der Waals surface area contributed by atoms with Gasteiger partial charge in [-0.3, -0.25) is 4.68 Å². The minimum Gasteiger partial charge on any atom is -0.480 e. The van der Waals surface area contributed by atoms with E-state index >= 15 is 0 Å². The average Bonchev–Trinajstić information content (AvgIpc) is 2.82. The van der Waals surface area contributed by atoms with Gasteiger partial charge in [-0.15, -0.1) is 0 Å². The standard InChI is InChI=1S/C10H15N5O2/c1-10(2,11)9-13-8(17-14-9)6-16-7-4-12-15(3)5-7/h4-5H,6,11H2,1-3H3. The van der Waals surface area contributed by atoms with E-state index in [4.69, 9.17) is 15.0 Å². The van der Waals surface area contributed by atoms with Crippen LogP contribution in [0.3, 0.4) is 0 Å². The molecule has 0 saturated heterocycles. The number of aryl methyl sites for hydroxylation is 1. The van der Waals surface area contributed by atoms with Crippen molar-refractivity contribution in [2.45, 2.75) is 26.0 Å². The molecule has 0 amide bonds. The zero-order valence-electron chi connectivity index (χ0n) is 10.0. The van der Waals surface area contributed by atoms with Gasteiger partial charge < -0.3 is 15.0 Å². The van der Waals surface area contributed by atoms with E-state index in [1.165, 1.54) is 0 Å². The van der Waals surface area contributed by atoms with E-state index in [0.717, 1.165) is 0 Å². The van der Waals surface area contributed by atoms with E-state index in [2.05, 4.69) is 15.2 Å². The van der Waals surface area contributed by atoms with Gasteiger partial charge in [0.15, 0.2) is 18.2 Å². The summed E-state index contributed by atoms with van der Waals surface area (Å²) in [4.78, 5) is 4.15. The first kappa shape index (κ1) is 11.6. The molecule has 0 unspecified atom stereocenters. The number of nitrogens with zero attached hydrogens (tertiary/aromatic N) is 4. The van der Waals surface area contributed by atoms with E-state index < -0.39 is 5.54 Å². The summed E-state index contributed by atoms with van der Waals surface area (Å²) in [6.45, 7) is 3.82. The van der Waals surface area contributed by atoms with Gasteiger partial charge in [-0.25, -0.2) is 0 Å². The molecule has 7 heteroatoms. The predicted octanol–water partition coefficient (Wildman–Crippen LogP) is 0.576. The first-order valence-electron chi connectivity index (χ1n) is 5.18. The lowest BCUT2D eigenvalue weighted by atomic mass is 10.1. The Morgan fingerprint density at radius 2 is 2.29 bits per heavy atom. The normalized spacial score (nSPS) is 11.8. The minimum atomic E-state index is -0.615. The minimum absolute atomic E-state index is 0.203. The molecule has 0 aliphatic heterocycles. The Kier molecular flexibility index (Phi) is 2.84. The van der Waals surface area contributed by atoms with Crippen LogP contribution >= 0.6 is 0 Å². The van der Waals surface area contributed by atoms with Gasteiger partial charge in [-0.05, 0) is 13.8 Å². The summed E-state index contributed by atoms with van der Waals surface area (Å²) in [5, 5.41) is 7.77. The Morgan fingerprint density at radius 3 is 2.82 bits per heavy atom. The topological polar surface area (TPSA) is 92.0 Å². The van der Waals surface area contributed by atoms with Crippen molar-refractivity contribution in [3.8, 4) is 5.75 Å². The molecule has 0 aliphatic rings. The highest BCUT2D eigenvalue weighted by Gasteiger charge is 2.21. The van der Waals surface area contributed by atoms with Gasteiger partial charge in [0.05, 0.1) is 17.9 Å². The molecule has 0 saturated carbocycles. The monoisotopic (exact) mass is 237 g/mol. The van der Waals surface area contributed by atoms with E-state index in [0.29, 0.717) is 17.5 Å². The first-order valence-corrected chi connectivity index (χ1v) is 5.18. The SMILES string of the molecule is Cn1cc(OCc2nc(C(C)(C)N)no2)cn1. The second-order valence-corrected chi connectivity index (χ2v) is 4.37. The fourth-order valence-electron chi connectivity index (χ4n) is 1.19. The van der Waals surface area contributed by atoms with Crippen molar-refractivity contribution >= 4 is 0 Å². The molecule has 0 fully saturated rings. The van der Waals surface area contributed by atoms with E-state index in [1.54, 1.807) is 17.1 Å². The Bertz CT molecular complexity index is 497. The molecule has 17 heavy (non-hydrogen) atoms.